The number of nitrogens with zero attached hydrogens (tertiary/aromatic N) is 2. The monoisotopic (exact) mass is 331 g/mol. The van der Waals surface area contributed by atoms with Gasteiger partial charge >= 0.3 is 6.01 Å². The van der Waals surface area contributed by atoms with E-state index in [9.17, 15) is 4.79 Å². The third kappa shape index (κ3) is 3.50. The summed E-state index contributed by atoms with van der Waals surface area (Å²) in [7, 11) is 3.05. The number of ether oxygens (including phenoxy) is 2. The Bertz CT molecular complexity index is 708. The molecule has 1 saturated carbocycles. The number of amides is 1. The van der Waals surface area contributed by atoms with Gasteiger partial charge in [0.2, 0.25) is 5.89 Å². The molecule has 7 nitrogen and oxygen atoms in total. The molecule has 0 bridgehead atoms. The van der Waals surface area contributed by atoms with E-state index in [1.165, 1.54) is 33.5 Å². The van der Waals surface area contributed by atoms with Gasteiger partial charge in [-0.3, -0.25) is 10.1 Å². The lowest BCUT2D eigenvalue weighted by Crippen LogP contribution is -2.13. The Morgan fingerprint density at radius 2 is 1.96 bits per heavy atom. The third-order valence-electron chi connectivity index (χ3n) is 4.27. The van der Waals surface area contributed by atoms with Gasteiger partial charge in [-0.2, -0.15) is 0 Å². The van der Waals surface area contributed by atoms with Crippen molar-refractivity contribution in [2.75, 3.05) is 19.5 Å². The number of carbonyl (C=O) groups is 1. The highest BCUT2D eigenvalue weighted by Crippen LogP contribution is 2.32. The molecule has 3 rings (SSSR count). The predicted molar refractivity (Wildman–Crippen MR) is 87.6 cm³/mol. The summed E-state index contributed by atoms with van der Waals surface area (Å²) >= 11 is 0. The summed E-state index contributed by atoms with van der Waals surface area (Å²) in [5.41, 5.74) is 0.342. The third-order valence-corrected chi connectivity index (χ3v) is 4.27. The maximum Gasteiger partial charge on any atom is 0.322 e. The van der Waals surface area contributed by atoms with E-state index >= 15 is 0 Å². The maximum atomic E-state index is 12.5. The number of hydrogen-bond donors (Lipinski definition) is 1. The van der Waals surface area contributed by atoms with Crippen LogP contribution in [0.15, 0.2) is 22.6 Å². The summed E-state index contributed by atoms with van der Waals surface area (Å²) in [5.74, 6) is 1.52. The van der Waals surface area contributed by atoms with Gasteiger partial charge in [0.15, 0.2) is 0 Å². The Hall–Kier alpha value is -2.57. The van der Waals surface area contributed by atoms with Crippen LogP contribution in [-0.4, -0.2) is 30.3 Å². The van der Waals surface area contributed by atoms with Crippen molar-refractivity contribution in [2.45, 2.75) is 38.0 Å². The number of rotatable bonds is 5. The van der Waals surface area contributed by atoms with Crippen LogP contribution in [0.2, 0.25) is 0 Å². The highest BCUT2D eigenvalue weighted by Gasteiger charge is 2.22. The summed E-state index contributed by atoms with van der Waals surface area (Å²) in [4.78, 5) is 12.5. The van der Waals surface area contributed by atoms with Gasteiger partial charge in [0.1, 0.15) is 11.5 Å². The molecular weight excluding hydrogens is 310 g/mol. The molecule has 1 heterocycles. The molecular formula is C17H21N3O4. The molecule has 1 N–H and O–H groups in total. The van der Waals surface area contributed by atoms with Crippen LogP contribution in [0.3, 0.4) is 0 Å². The quantitative estimate of drug-likeness (QED) is 0.904. The first-order chi connectivity index (χ1) is 11.7. The molecule has 0 spiro atoms. The van der Waals surface area contributed by atoms with Gasteiger partial charge < -0.3 is 13.9 Å². The average molecular weight is 331 g/mol. The summed E-state index contributed by atoms with van der Waals surface area (Å²) in [6.45, 7) is 0. The zero-order chi connectivity index (χ0) is 16.9. The highest BCUT2D eigenvalue weighted by molar-refractivity contribution is 6.05. The second-order valence-electron chi connectivity index (χ2n) is 5.80. The van der Waals surface area contributed by atoms with Gasteiger partial charge in [0.05, 0.1) is 19.8 Å². The fourth-order valence-corrected chi connectivity index (χ4v) is 2.96. The molecule has 0 aliphatic heterocycles. The van der Waals surface area contributed by atoms with E-state index in [4.69, 9.17) is 13.9 Å². The van der Waals surface area contributed by atoms with Gasteiger partial charge in [-0.25, -0.2) is 0 Å². The molecule has 1 aromatic carbocycles. The Balaban J connectivity index is 1.74. The van der Waals surface area contributed by atoms with E-state index in [1.807, 2.05) is 0 Å². The second kappa shape index (κ2) is 7.33. The largest absolute Gasteiger partial charge is 0.497 e. The van der Waals surface area contributed by atoms with Gasteiger partial charge in [-0.1, -0.05) is 24.4 Å². The zero-order valence-electron chi connectivity index (χ0n) is 13.9. The topological polar surface area (TPSA) is 86.5 Å². The van der Waals surface area contributed by atoms with Gasteiger partial charge in [-0.15, -0.1) is 5.10 Å². The number of benzene rings is 1. The standard InChI is InChI=1S/C17H21N3O4/c1-22-12-8-9-14(23-2)13(10-12)15(21)18-17-20-19-16(24-17)11-6-4-3-5-7-11/h8-11H,3-7H2,1-2H3,(H,18,20,21). The van der Waals surface area contributed by atoms with E-state index in [-0.39, 0.29) is 11.9 Å². The van der Waals surface area contributed by atoms with E-state index in [0.717, 1.165) is 12.8 Å². The van der Waals surface area contributed by atoms with Gasteiger partial charge in [-0.05, 0) is 31.0 Å². The number of methoxy groups -OCH3 is 2. The number of aromatic nitrogens is 2. The number of carbonyl (C=O) groups excluding carboxylic acids is 1. The molecule has 0 atom stereocenters. The van der Waals surface area contributed by atoms with Crippen molar-refractivity contribution in [3.8, 4) is 11.5 Å². The van der Waals surface area contributed by atoms with E-state index in [2.05, 4.69) is 15.5 Å². The number of anilines is 1. The first-order valence-electron chi connectivity index (χ1n) is 8.08. The van der Waals surface area contributed by atoms with Crippen molar-refractivity contribution in [1.29, 1.82) is 0 Å². The van der Waals surface area contributed by atoms with Crippen LogP contribution in [-0.2, 0) is 0 Å². The van der Waals surface area contributed by atoms with Crippen LogP contribution in [0.5, 0.6) is 11.5 Å². The van der Waals surface area contributed by atoms with Crippen molar-refractivity contribution in [2.24, 2.45) is 0 Å². The summed E-state index contributed by atoms with van der Waals surface area (Å²) in [6.07, 6.45) is 5.72. The van der Waals surface area contributed by atoms with Gasteiger partial charge in [0.25, 0.3) is 5.91 Å². The minimum absolute atomic E-state index is 0.102. The van der Waals surface area contributed by atoms with Crippen molar-refractivity contribution < 1.29 is 18.7 Å². The molecule has 1 amide bonds. The first kappa shape index (κ1) is 16.3. The zero-order valence-corrected chi connectivity index (χ0v) is 13.9. The summed E-state index contributed by atoms with van der Waals surface area (Å²) < 4.78 is 16.0. The molecule has 1 aliphatic rings. The van der Waals surface area contributed by atoms with Crippen LogP contribution in [0, 0.1) is 0 Å². The molecule has 128 valence electrons. The second-order valence-corrected chi connectivity index (χ2v) is 5.80. The molecule has 24 heavy (non-hydrogen) atoms. The van der Waals surface area contributed by atoms with Crippen LogP contribution >= 0.6 is 0 Å². The lowest BCUT2D eigenvalue weighted by Gasteiger charge is -2.17. The molecule has 0 saturated heterocycles. The molecule has 0 radical (unpaired) electrons. The van der Waals surface area contributed by atoms with Crippen LogP contribution in [0.1, 0.15) is 54.3 Å². The van der Waals surface area contributed by atoms with Crippen molar-refractivity contribution in [1.82, 2.24) is 10.2 Å². The lowest BCUT2D eigenvalue weighted by atomic mass is 9.89. The smallest absolute Gasteiger partial charge is 0.322 e. The molecule has 1 fully saturated rings. The summed E-state index contributed by atoms with van der Waals surface area (Å²) in [5, 5.41) is 10.6. The molecule has 2 aromatic rings. The highest BCUT2D eigenvalue weighted by atomic mass is 16.5. The lowest BCUT2D eigenvalue weighted by molar-refractivity contribution is 0.102. The normalized spacial score (nSPS) is 15.1. The van der Waals surface area contributed by atoms with E-state index < -0.39 is 0 Å². The van der Waals surface area contributed by atoms with E-state index in [1.54, 1.807) is 18.2 Å². The Labute approximate surface area is 140 Å². The molecule has 7 heteroatoms. The SMILES string of the molecule is COc1ccc(OC)c(C(=O)Nc2nnc(C3CCCCC3)o2)c1. The fraction of sp³-hybridized carbons (Fsp3) is 0.471. The van der Waals surface area contributed by atoms with Gasteiger partial charge in [0, 0.05) is 5.92 Å². The number of hydrogen-bond acceptors (Lipinski definition) is 6. The Morgan fingerprint density at radius 1 is 1.17 bits per heavy atom. The Morgan fingerprint density at radius 3 is 2.67 bits per heavy atom. The van der Waals surface area contributed by atoms with Crippen LogP contribution < -0.4 is 14.8 Å². The van der Waals surface area contributed by atoms with Crippen molar-refractivity contribution >= 4 is 11.9 Å². The minimum Gasteiger partial charge on any atom is -0.497 e. The Kier molecular flexibility index (Phi) is 4.98. The van der Waals surface area contributed by atoms with Crippen LogP contribution in [0.25, 0.3) is 0 Å². The minimum atomic E-state index is -0.385. The molecule has 1 aromatic heterocycles. The number of nitrogens with one attached hydrogen (secondary N) is 1. The van der Waals surface area contributed by atoms with E-state index in [0.29, 0.717) is 28.9 Å². The summed E-state index contributed by atoms with van der Waals surface area (Å²) in [6, 6.07) is 5.11. The fourth-order valence-electron chi connectivity index (χ4n) is 2.96. The molecule has 0 unspecified atom stereocenters. The maximum absolute atomic E-state index is 12.5. The predicted octanol–water partition coefficient (Wildman–Crippen LogP) is 3.39. The van der Waals surface area contributed by atoms with Crippen molar-refractivity contribution in [3.05, 3.63) is 29.7 Å². The molecule has 1 aliphatic carbocycles. The average Bonchev–Trinajstić information content (AvgIpc) is 3.10. The van der Waals surface area contributed by atoms with Crippen LogP contribution in [0.4, 0.5) is 6.01 Å². The van der Waals surface area contributed by atoms with Crippen molar-refractivity contribution in [3.63, 3.8) is 0 Å². The first-order valence-corrected chi connectivity index (χ1v) is 8.08.